The summed E-state index contributed by atoms with van der Waals surface area (Å²) in [4.78, 5) is 25.1. The van der Waals surface area contributed by atoms with E-state index in [1.807, 2.05) is 0 Å². The van der Waals surface area contributed by atoms with E-state index < -0.39 is 0 Å². The minimum absolute atomic E-state index is 0.107. The van der Waals surface area contributed by atoms with E-state index in [4.69, 9.17) is 4.74 Å². The van der Waals surface area contributed by atoms with Crippen LogP contribution in [-0.2, 0) is 9.53 Å². The van der Waals surface area contributed by atoms with Crippen LogP contribution in [0.3, 0.4) is 0 Å². The van der Waals surface area contributed by atoms with Crippen LogP contribution in [0.15, 0.2) is 0 Å². The molecular formula is C15H29N3O3. The molecule has 2 amide bonds. The van der Waals surface area contributed by atoms with Gasteiger partial charge in [0.25, 0.3) is 0 Å². The van der Waals surface area contributed by atoms with Gasteiger partial charge >= 0.3 is 6.09 Å². The molecule has 1 aliphatic rings. The van der Waals surface area contributed by atoms with Crippen molar-refractivity contribution in [2.75, 3.05) is 26.2 Å². The molecule has 21 heavy (non-hydrogen) atoms. The molecule has 0 bridgehead atoms. The largest absolute Gasteiger partial charge is 0.450 e. The van der Waals surface area contributed by atoms with Crippen molar-refractivity contribution in [3.05, 3.63) is 0 Å². The number of rotatable bonds is 7. The Labute approximate surface area is 127 Å². The Hall–Kier alpha value is -1.30. The highest BCUT2D eigenvalue weighted by molar-refractivity contribution is 5.76. The topological polar surface area (TPSA) is 70.7 Å². The lowest BCUT2D eigenvalue weighted by molar-refractivity contribution is -0.122. The van der Waals surface area contributed by atoms with Gasteiger partial charge in [-0.05, 0) is 32.7 Å². The molecule has 0 aliphatic carbocycles. The van der Waals surface area contributed by atoms with Gasteiger partial charge in [0.2, 0.25) is 5.91 Å². The maximum absolute atomic E-state index is 11.8. The third kappa shape index (κ3) is 7.32. The Kier molecular flexibility index (Phi) is 8.12. The van der Waals surface area contributed by atoms with Crippen molar-refractivity contribution in [2.24, 2.45) is 0 Å². The zero-order valence-corrected chi connectivity index (χ0v) is 13.5. The summed E-state index contributed by atoms with van der Waals surface area (Å²) < 4.78 is 4.98. The molecule has 2 N–H and O–H groups in total. The maximum Gasteiger partial charge on any atom is 0.409 e. The highest BCUT2D eigenvalue weighted by Crippen LogP contribution is 2.11. The minimum Gasteiger partial charge on any atom is -0.450 e. The third-order valence-electron chi connectivity index (χ3n) is 3.52. The standard InChI is InChI=1S/C15H29N3O3/c1-4-21-15(20)18-10-7-13(8-11-18)17-14(19)6-5-9-16-12(2)3/h12-13,16H,4-11H2,1-3H3,(H,17,19). The number of likely N-dealkylation sites (tertiary alicyclic amines) is 1. The lowest BCUT2D eigenvalue weighted by atomic mass is 10.1. The van der Waals surface area contributed by atoms with Crippen molar-refractivity contribution in [3.8, 4) is 0 Å². The van der Waals surface area contributed by atoms with E-state index in [1.165, 1.54) is 0 Å². The first-order valence-electron chi connectivity index (χ1n) is 7.97. The van der Waals surface area contributed by atoms with Crippen molar-refractivity contribution in [2.45, 2.75) is 58.5 Å². The number of carbonyl (C=O) groups excluding carboxylic acids is 2. The van der Waals surface area contributed by atoms with Crippen molar-refractivity contribution in [1.82, 2.24) is 15.5 Å². The first-order valence-corrected chi connectivity index (χ1v) is 7.97. The van der Waals surface area contributed by atoms with E-state index in [9.17, 15) is 9.59 Å². The summed E-state index contributed by atoms with van der Waals surface area (Å²) in [6.07, 6.45) is 2.76. The van der Waals surface area contributed by atoms with Gasteiger partial charge in [-0.25, -0.2) is 4.79 Å². The van der Waals surface area contributed by atoms with Crippen molar-refractivity contribution in [1.29, 1.82) is 0 Å². The summed E-state index contributed by atoms with van der Waals surface area (Å²) in [7, 11) is 0. The predicted octanol–water partition coefficient (Wildman–Crippen LogP) is 1.50. The van der Waals surface area contributed by atoms with Crippen LogP contribution in [-0.4, -0.2) is 55.2 Å². The molecule has 1 saturated heterocycles. The molecule has 6 heteroatoms. The number of ether oxygens (including phenoxy) is 1. The fraction of sp³-hybridized carbons (Fsp3) is 0.867. The lowest BCUT2D eigenvalue weighted by Crippen LogP contribution is -2.46. The van der Waals surface area contributed by atoms with Crippen LogP contribution in [0.4, 0.5) is 4.79 Å². The second-order valence-corrected chi connectivity index (χ2v) is 5.74. The van der Waals surface area contributed by atoms with E-state index in [-0.39, 0.29) is 18.0 Å². The molecule has 1 aliphatic heterocycles. The number of hydrogen-bond donors (Lipinski definition) is 2. The quantitative estimate of drug-likeness (QED) is 0.699. The molecule has 0 spiro atoms. The van der Waals surface area contributed by atoms with Gasteiger partial charge in [-0.3, -0.25) is 4.79 Å². The molecule has 0 unspecified atom stereocenters. The maximum atomic E-state index is 11.8. The molecule has 1 rings (SSSR count). The Morgan fingerprint density at radius 2 is 1.95 bits per heavy atom. The number of piperidine rings is 1. The fourth-order valence-electron chi connectivity index (χ4n) is 2.36. The van der Waals surface area contributed by atoms with E-state index >= 15 is 0 Å². The molecule has 1 heterocycles. The van der Waals surface area contributed by atoms with Crippen LogP contribution in [0.25, 0.3) is 0 Å². The first-order chi connectivity index (χ1) is 10.0. The average molecular weight is 299 g/mol. The average Bonchev–Trinajstić information content (AvgIpc) is 2.44. The van der Waals surface area contributed by atoms with Gasteiger partial charge in [-0.1, -0.05) is 13.8 Å². The zero-order valence-electron chi connectivity index (χ0n) is 13.5. The van der Waals surface area contributed by atoms with Crippen LogP contribution in [0.5, 0.6) is 0 Å². The van der Waals surface area contributed by atoms with Gasteiger partial charge in [0, 0.05) is 31.6 Å². The molecule has 0 saturated carbocycles. The number of amides is 2. The van der Waals surface area contributed by atoms with Gasteiger partial charge in [-0.15, -0.1) is 0 Å². The second-order valence-electron chi connectivity index (χ2n) is 5.74. The van der Waals surface area contributed by atoms with Crippen LogP contribution in [0, 0.1) is 0 Å². The lowest BCUT2D eigenvalue weighted by Gasteiger charge is -2.31. The van der Waals surface area contributed by atoms with Crippen molar-refractivity contribution >= 4 is 12.0 Å². The van der Waals surface area contributed by atoms with Crippen LogP contribution in [0.1, 0.15) is 46.5 Å². The molecular weight excluding hydrogens is 270 g/mol. The van der Waals surface area contributed by atoms with E-state index in [0.717, 1.165) is 25.8 Å². The van der Waals surface area contributed by atoms with Crippen molar-refractivity contribution in [3.63, 3.8) is 0 Å². The van der Waals surface area contributed by atoms with E-state index in [0.29, 0.717) is 32.2 Å². The first kappa shape index (κ1) is 17.8. The van der Waals surface area contributed by atoms with Gasteiger partial charge in [0.05, 0.1) is 6.61 Å². The van der Waals surface area contributed by atoms with Crippen LogP contribution < -0.4 is 10.6 Å². The Morgan fingerprint density at radius 1 is 1.29 bits per heavy atom. The normalized spacial score (nSPS) is 16.1. The summed E-state index contributed by atoms with van der Waals surface area (Å²) in [5, 5.41) is 6.35. The molecule has 0 radical (unpaired) electrons. The fourth-order valence-corrected chi connectivity index (χ4v) is 2.36. The smallest absolute Gasteiger partial charge is 0.409 e. The van der Waals surface area contributed by atoms with Gasteiger partial charge < -0.3 is 20.3 Å². The summed E-state index contributed by atoms with van der Waals surface area (Å²) in [5.74, 6) is 0.107. The van der Waals surface area contributed by atoms with Crippen LogP contribution >= 0.6 is 0 Å². The van der Waals surface area contributed by atoms with Gasteiger partial charge in [-0.2, -0.15) is 0 Å². The third-order valence-corrected chi connectivity index (χ3v) is 3.52. The Morgan fingerprint density at radius 3 is 2.52 bits per heavy atom. The Bertz CT molecular complexity index is 326. The SMILES string of the molecule is CCOC(=O)N1CCC(NC(=O)CCCNC(C)C)CC1. The molecule has 0 atom stereocenters. The number of carbonyl (C=O) groups is 2. The highest BCUT2D eigenvalue weighted by atomic mass is 16.6. The predicted molar refractivity (Wildman–Crippen MR) is 82.1 cm³/mol. The molecule has 122 valence electrons. The van der Waals surface area contributed by atoms with Gasteiger partial charge in [0.15, 0.2) is 0 Å². The summed E-state index contributed by atoms with van der Waals surface area (Å²) in [6.45, 7) is 8.57. The summed E-state index contributed by atoms with van der Waals surface area (Å²) in [6, 6.07) is 0.640. The molecule has 1 fully saturated rings. The minimum atomic E-state index is -0.248. The number of nitrogens with one attached hydrogen (secondary N) is 2. The molecule has 0 aromatic heterocycles. The number of hydrogen-bond acceptors (Lipinski definition) is 4. The highest BCUT2D eigenvalue weighted by Gasteiger charge is 2.24. The van der Waals surface area contributed by atoms with Crippen molar-refractivity contribution < 1.29 is 14.3 Å². The summed E-state index contributed by atoms with van der Waals surface area (Å²) >= 11 is 0. The Balaban J connectivity index is 2.14. The van der Waals surface area contributed by atoms with E-state index in [1.54, 1.807) is 11.8 Å². The molecule has 0 aromatic carbocycles. The van der Waals surface area contributed by atoms with Gasteiger partial charge in [0.1, 0.15) is 0 Å². The van der Waals surface area contributed by atoms with Crippen LogP contribution in [0.2, 0.25) is 0 Å². The summed E-state index contributed by atoms with van der Waals surface area (Å²) in [5.41, 5.74) is 0. The second kappa shape index (κ2) is 9.60. The monoisotopic (exact) mass is 299 g/mol. The zero-order chi connectivity index (χ0) is 15.7. The number of nitrogens with zero attached hydrogens (tertiary/aromatic N) is 1. The van der Waals surface area contributed by atoms with E-state index in [2.05, 4.69) is 24.5 Å². The molecule has 6 nitrogen and oxygen atoms in total. The molecule has 0 aromatic rings.